The van der Waals surface area contributed by atoms with Crippen LogP contribution in [0.3, 0.4) is 0 Å². The Hall–Kier alpha value is -0.260. The number of halogens is 1. The molecule has 0 radical (unpaired) electrons. The van der Waals surface area contributed by atoms with Gasteiger partial charge in [0.2, 0.25) is 0 Å². The fourth-order valence-corrected chi connectivity index (χ4v) is 3.74. The Morgan fingerprint density at radius 1 is 1.56 bits per heavy atom. The summed E-state index contributed by atoms with van der Waals surface area (Å²) in [5.41, 5.74) is 7.62. The van der Waals surface area contributed by atoms with Crippen molar-refractivity contribution in [2.75, 3.05) is 16.8 Å². The Bertz CT molecular complexity index is 403. The molecule has 1 atom stereocenters. The lowest BCUT2D eigenvalue weighted by Crippen LogP contribution is -2.18. The number of thioether (sulfide) groups is 1. The van der Waals surface area contributed by atoms with Crippen LogP contribution in [-0.2, 0) is 0 Å². The second kappa shape index (κ2) is 5.38. The number of thiocarbonyl (C=S) groups is 1. The zero-order valence-corrected chi connectivity index (χ0v) is 11.9. The van der Waals surface area contributed by atoms with E-state index in [1.807, 2.05) is 30.0 Å². The minimum Gasteiger partial charge on any atom is -0.389 e. The molecule has 1 fully saturated rings. The van der Waals surface area contributed by atoms with Crippen molar-refractivity contribution in [2.24, 2.45) is 5.73 Å². The van der Waals surface area contributed by atoms with E-state index in [1.54, 1.807) is 0 Å². The van der Waals surface area contributed by atoms with Crippen molar-refractivity contribution in [1.29, 1.82) is 0 Å². The standard InChI is InChI=1S/C11H13BrN2S2/c12-10-5-7(1-2-9(10)11(13)15)14-8-3-4-16-6-8/h1-2,5,8,14H,3-4,6H2,(H2,13,15). The van der Waals surface area contributed by atoms with E-state index in [0.717, 1.165) is 15.7 Å². The van der Waals surface area contributed by atoms with Crippen molar-refractivity contribution < 1.29 is 0 Å². The molecule has 1 aromatic rings. The van der Waals surface area contributed by atoms with Gasteiger partial charge in [-0.3, -0.25) is 0 Å². The molecule has 0 bridgehead atoms. The third-order valence-corrected chi connectivity index (χ3v) is 4.57. The molecule has 1 aromatic carbocycles. The molecule has 16 heavy (non-hydrogen) atoms. The van der Waals surface area contributed by atoms with Crippen LogP contribution in [-0.4, -0.2) is 22.5 Å². The summed E-state index contributed by atoms with van der Waals surface area (Å²) in [6.07, 6.45) is 1.24. The molecule has 2 rings (SSSR count). The van der Waals surface area contributed by atoms with Gasteiger partial charge >= 0.3 is 0 Å². The van der Waals surface area contributed by atoms with Crippen LogP contribution in [0.25, 0.3) is 0 Å². The normalized spacial score (nSPS) is 19.7. The van der Waals surface area contributed by atoms with Crippen molar-refractivity contribution in [3.05, 3.63) is 28.2 Å². The summed E-state index contributed by atoms with van der Waals surface area (Å²) in [5, 5.41) is 3.51. The molecule has 0 amide bonds. The monoisotopic (exact) mass is 316 g/mol. The van der Waals surface area contributed by atoms with Crippen molar-refractivity contribution in [1.82, 2.24) is 0 Å². The van der Waals surface area contributed by atoms with Crippen LogP contribution in [0.15, 0.2) is 22.7 Å². The van der Waals surface area contributed by atoms with Crippen LogP contribution in [0.5, 0.6) is 0 Å². The number of hydrogen-bond donors (Lipinski definition) is 2. The fraction of sp³-hybridized carbons (Fsp3) is 0.364. The number of nitrogens with two attached hydrogens (primary N) is 1. The summed E-state index contributed by atoms with van der Waals surface area (Å²) in [5.74, 6) is 2.44. The lowest BCUT2D eigenvalue weighted by molar-refractivity contribution is 0.813. The Labute approximate surface area is 113 Å². The first-order valence-electron chi connectivity index (χ1n) is 5.10. The molecule has 0 spiro atoms. The maximum atomic E-state index is 5.61. The molecule has 3 N–H and O–H groups in total. The summed E-state index contributed by atoms with van der Waals surface area (Å²) in [6, 6.07) is 6.61. The molecule has 0 aromatic heterocycles. The minimum absolute atomic E-state index is 0.426. The molecule has 1 saturated heterocycles. The fourth-order valence-electron chi connectivity index (χ4n) is 1.69. The van der Waals surface area contributed by atoms with Gasteiger partial charge in [-0.2, -0.15) is 11.8 Å². The van der Waals surface area contributed by atoms with Gasteiger partial charge in [0.1, 0.15) is 4.99 Å². The molecule has 1 aliphatic heterocycles. The van der Waals surface area contributed by atoms with Gasteiger partial charge in [-0.1, -0.05) is 12.2 Å². The minimum atomic E-state index is 0.426. The third-order valence-electron chi connectivity index (χ3n) is 2.54. The van der Waals surface area contributed by atoms with E-state index in [1.165, 1.54) is 17.9 Å². The number of benzene rings is 1. The zero-order chi connectivity index (χ0) is 11.5. The average Bonchev–Trinajstić information content (AvgIpc) is 2.70. The van der Waals surface area contributed by atoms with E-state index in [-0.39, 0.29) is 0 Å². The maximum Gasteiger partial charge on any atom is 0.105 e. The molecular formula is C11H13BrN2S2. The maximum absolute atomic E-state index is 5.61. The predicted octanol–water partition coefficient (Wildman–Crippen LogP) is 3.00. The van der Waals surface area contributed by atoms with Crippen molar-refractivity contribution in [2.45, 2.75) is 12.5 Å². The Morgan fingerprint density at radius 3 is 2.94 bits per heavy atom. The Balaban J connectivity index is 2.11. The van der Waals surface area contributed by atoms with Crippen LogP contribution in [0.4, 0.5) is 5.69 Å². The van der Waals surface area contributed by atoms with Gasteiger partial charge in [-0.25, -0.2) is 0 Å². The van der Waals surface area contributed by atoms with Crippen LogP contribution >= 0.6 is 39.9 Å². The average molecular weight is 317 g/mol. The molecule has 1 aliphatic rings. The number of nitrogens with one attached hydrogen (secondary N) is 1. The first-order chi connectivity index (χ1) is 7.66. The first-order valence-corrected chi connectivity index (χ1v) is 7.46. The van der Waals surface area contributed by atoms with Gasteiger partial charge in [0, 0.05) is 27.5 Å². The summed E-state index contributed by atoms with van der Waals surface area (Å²) < 4.78 is 0.954. The summed E-state index contributed by atoms with van der Waals surface area (Å²) in [7, 11) is 0. The topological polar surface area (TPSA) is 38.0 Å². The molecular weight excluding hydrogens is 304 g/mol. The van der Waals surface area contributed by atoms with Crippen molar-refractivity contribution in [3.8, 4) is 0 Å². The number of hydrogen-bond acceptors (Lipinski definition) is 3. The molecule has 5 heteroatoms. The summed E-state index contributed by atoms with van der Waals surface area (Å²) >= 11 is 10.4. The molecule has 1 heterocycles. The van der Waals surface area contributed by atoms with Crippen LogP contribution in [0.1, 0.15) is 12.0 Å². The smallest absolute Gasteiger partial charge is 0.105 e. The van der Waals surface area contributed by atoms with E-state index in [4.69, 9.17) is 18.0 Å². The zero-order valence-electron chi connectivity index (χ0n) is 8.70. The van der Waals surface area contributed by atoms with Crippen molar-refractivity contribution in [3.63, 3.8) is 0 Å². The predicted molar refractivity (Wildman–Crippen MR) is 79.4 cm³/mol. The van der Waals surface area contributed by atoms with E-state index in [0.29, 0.717) is 11.0 Å². The molecule has 2 nitrogen and oxygen atoms in total. The number of anilines is 1. The van der Waals surface area contributed by atoms with Crippen LogP contribution in [0.2, 0.25) is 0 Å². The van der Waals surface area contributed by atoms with E-state index in [9.17, 15) is 0 Å². The summed E-state index contributed by atoms with van der Waals surface area (Å²) in [4.78, 5) is 0.426. The molecule has 0 aliphatic carbocycles. The lowest BCUT2D eigenvalue weighted by Gasteiger charge is -2.14. The molecule has 0 saturated carbocycles. The second-order valence-corrected chi connectivity index (χ2v) is 6.21. The highest BCUT2D eigenvalue weighted by Crippen LogP contribution is 2.25. The van der Waals surface area contributed by atoms with E-state index in [2.05, 4.69) is 21.2 Å². The largest absolute Gasteiger partial charge is 0.389 e. The number of rotatable bonds is 3. The highest BCUT2D eigenvalue weighted by atomic mass is 79.9. The third kappa shape index (κ3) is 2.90. The highest BCUT2D eigenvalue weighted by Gasteiger charge is 2.15. The first kappa shape index (κ1) is 12.2. The SMILES string of the molecule is NC(=S)c1ccc(NC2CCSC2)cc1Br. The Kier molecular flexibility index (Phi) is 4.10. The van der Waals surface area contributed by atoms with Gasteiger partial charge in [-0.15, -0.1) is 0 Å². The van der Waals surface area contributed by atoms with Gasteiger partial charge in [0.05, 0.1) is 0 Å². The van der Waals surface area contributed by atoms with Gasteiger partial charge in [0.15, 0.2) is 0 Å². The van der Waals surface area contributed by atoms with Gasteiger partial charge < -0.3 is 11.1 Å². The summed E-state index contributed by atoms with van der Waals surface area (Å²) in [6.45, 7) is 0. The van der Waals surface area contributed by atoms with E-state index >= 15 is 0 Å². The highest BCUT2D eigenvalue weighted by molar-refractivity contribution is 9.10. The molecule has 86 valence electrons. The van der Waals surface area contributed by atoms with E-state index < -0.39 is 0 Å². The van der Waals surface area contributed by atoms with Crippen molar-refractivity contribution >= 4 is 50.6 Å². The quantitative estimate of drug-likeness (QED) is 0.841. The lowest BCUT2D eigenvalue weighted by atomic mass is 10.2. The molecule has 1 unspecified atom stereocenters. The van der Waals surface area contributed by atoms with Crippen LogP contribution < -0.4 is 11.1 Å². The second-order valence-electron chi connectivity index (χ2n) is 3.76. The van der Waals surface area contributed by atoms with Crippen LogP contribution in [0, 0.1) is 0 Å². The van der Waals surface area contributed by atoms with Gasteiger partial charge in [-0.05, 0) is 46.3 Å². The van der Waals surface area contributed by atoms with Gasteiger partial charge in [0.25, 0.3) is 0 Å². The Morgan fingerprint density at radius 2 is 2.38 bits per heavy atom.